The minimum absolute atomic E-state index is 0.131. The van der Waals surface area contributed by atoms with E-state index in [2.05, 4.69) is 16.9 Å². The van der Waals surface area contributed by atoms with Gasteiger partial charge in [-0.3, -0.25) is 19.3 Å². The van der Waals surface area contributed by atoms with Crippen LogP contribution in [-0.4, -0.2) is 33.6 Å². The van der Waals surface area contributed by atoms with Crippen molar-refractivity contribution in [2.24, 2.45) is 0 Å². The molecule has 3 heterocycles. The van der Waals surface area contributed by atoms with Gasteiger partial charge in [-0.25, -0.2) is 4.98 Å². The van der Waals surface area contributed by atoms with Crippen LogP contribution in [0.4, 0.5) is 0 Å². The lowest BCUT2D eigenvalue weighted by atomic mass is 10.0. The van der Waals surface area contributed by atoms with Crippen molar-refractivity contribution in [2.45, 2.75) is 38.6 Å². The molecule has 0 aromatic carbocycles. The lowest BCUT2D eigenvalue weighted by molar-refractivity contribution is -0.125. The van der Waals surface area contributed by atoms with Crippen molar-refractivity contribution in [3.8, 4) is 0 Å². The number of amides is 3. The molecule has 1 saturated heterocycles. The van der Waals surface area contributed by atoms with Gasteiger partial charge in [0.05, 0.1) is 5.56 Å². The zero-order valence-electron chi connectivity index (χ0n) is 12.5. The van der Waals surface area contributed by atoms with Crippen molar-refractivity contribution in [1.82, 2.24) is 15.2 Å². The molecule has 2 aliphatic rings. The van der Waals surface area contributed by atoms with Crippen LogP contribution in [0.5, 0.6) is 0 Å². The second-order valence-electron chi connectivity index (χ2n) is 5.95. The summed E-state index contributed by atoms with van der Waals surface area (Å²) in [7, 11) is 0. The normalized spacial score (nSPS) is 21.4. The average Bonchev–Trinajstić information content (AvgIpc) is 2.71. The largest absolute Gasteiger partial charge is 0.329 e. The number of fused-ring (bicyclic) bond motifs is 1. The fourth-order valence-electron chi connectivity index (χ4n) is 2.76. The molecule has 1 fully saturated rings. The molecular formula is C16H17N3O3. The highest BCUT2D eigenvalue weighted by atomic mass is 16.2. The summed E-state index contributed by atoms with van der Waals surface area (Å²) in [5.74, 6) is -1.10. The zero-order chi connectivity index (χ0) is 16.0. The number of imide groups is 1. The molecule has 114 valence electrons. The lowest BCUT2D eigenvalue weighted by Gasteiger charge is -2.29. The first-order chi connectivity index (χ1) is 10.4. The van der Waals surface area contributed by atoms with Crippen LogP contribution in [0, 0.1) is 0 Å². The van der Waals surface area contributed by atoms with Crippen LogP contribution in [0.25, 0.3) is 0 Å². The third-order valence-electron chi connectivity index (χ3n) is 4.08. The molecule has 22 heavy (non-hydrogen) atoms. The van der Waals surface area contributed by atoms with E-state index in [1.54, 1.807) is 12.3 Å². The Balaban J connectivity index is 1.96. The highest BCUT2D eigenvalue weighted by Gasteiger charge is 2.44. The van der Waals surface area contributed by atoms with E-state index >= 15 is 0 Å². The van der Waals surface area contributed by atoms with Crippen molar-refractivity contribution < 1.29 is 14.4 Å². The lowest BCUT2D eigenvalue weighted by Crippen LogP contribution is -2.51. The van der Waals surface area contributed by atoms with Gasteiger partial charge < -0.3 is 5.32 Å². The van der Waals surface area contributed by atoms with E-state index in [9.17, 15) is 14.4 Å². The van der Waals surface area contributed by atoms with Crippen LogP contribution in [0.1, 0.15) is 59.0 Å². The van der Waals surface area contributed by atoms with E-state index in [1.807, 2.05) is 13.8 Å². The molecule has 2 aliphatic heterocycles. The minimum atomic E-state index is -0.790. The Bertz CT molecular complexity index is 709. The molecule has 1 aromatic rings. The molecular weight excluding hydrogens is 282 g/mol. The number of carbonyl (C=O) groups excluding carboxylic acids is 3. The summed E-state index contributed by atoms with van der Waals surface area (Å²) in [6, 6.07) is 0.912. The van der Waals surface area contributed by atoms with E-state index in [0.717, 1.165) is 10.5 Å². The number of hydrogen-bond donors (Lipinski definition) is 1. The highest BCUT2D eigenvalue weighted by Crippen LogP contribution is 2.29. The van der Waals surface area contributed by atoms with Crippen molar-refractivity contribution >= 4 is 17.7 Å². The van der Waals surface area contributed by atoms with Crippen molar-refractivity contribution in [1.29, 1.82) is 0 Å². The minimum Gasteiger partial charge on any atom is -0.329 e. The number of carbonyl (C=O) groups is 3. The smallest absolute Gasteiger partial charge is 0.280 e. The molecule has 1 N–H and O–H groups in total. The number of nitrogens with one attached hydrogen (secondary N) is 1. The molecule has 0 radical (unpaired) electrons. The summed E-state index contributed by atoms with van der Waals surface area (Å²) in [6.45, 7) is 7.68. The van der Waals surface area contributed by atoms with Gasteiger partial charge >= 0.3 is 0 Å². The second kappa shape index (κ2) is 5.05. The highest BCUT2D eigenvalue weighted by molar-refractivity contribution is 6.22. The zero-order valence-corrected chi connectivity index (χ0v) is 12.5. The molecule has 1 aromatic heterocycles. The number of aromatic nitrogens is 1. The average molecular weight is 299 g/mol. The summed E-state index contributed by atoms with van der Waals surface area (Å²) in [6.07, 6.45) is 2.56. The second-order valence-corrected chi connectivity index (χ2v) is 5.95. The van der Waals surface area contributed by atoms with Crippen molar-refractivity contribution in [2.75, 3.05) is 0 Å². The Morgan fingerprint density at radius 3 is 2.68 bits per heavy atom. The van der Waals surface area contributed by atoms with Gasteiger partial charge in [0, 0.05) is 11.9 Å². The molecule has 3 amide bonds. The first-order valence-corrected chi connectivity index (χ1v) is 7.26. The van der Waals surface area contributed by atoms with Gasteiger partial charge in [-0.2, -0.15) is 0 Å². The van der Waals surface area contributed by atoms with Crippen molar-refractivity contribution in [3.63, 3.8) is 0 Å². The SMILES string of the molecule is C=C1CCC(N2C(=O)c3cc(C(C)C)cnc3C2=O)C(=O)N1. The standard InChI is InChI=1S/C16H17N3O3/c1-8(2)10-6-11-13(17-7-10)16(22)19(15(11)21)12-5-4-9(3)18-14(12)20/h6-8,12H,3-5H2,1-2H3,(H,18,20). The maximum atomic E-state index is 12.6. The first-order valence-electron chi connectivity index (χ1n) is 7.26. The van der Waals surface area contributed by atoms with E-state index in [1.165, 1.54) is 0 Å². The van der Waals surface area contributed by atoms with E-state index in [4.69, 9.17) is 0 Å². The summed E-state index contributed by atoms with van der Waals surface area (Å²) in [4.78, 5) is 42.3. The van der Waals surface area contributed by atoms with E-state index in [-0.39, 0.29) is 23.1 Å². The van der Waals surface area contributed by atoms with Gasteiger partial charge in [0.1, 0.15) is 11.7 Å². The molecule has 3 rings (SSSR count). The van der Waals surface area contributed by atoms with Gasteiger partial charge in [0.2, 0.25) is 5.91 Å². The molecule has 6 nitrogen and oxygen atoms in total. The van der Waals surface area contributed by atoms with E-state index < -0.39 is 17.9 Å². The predicted octanol–water partition coefficient (Wildman–Crippen LogP) is 1.59. The maximum Gasteiger partial charge on any atom is 0.280 e. The fraction of sp³-hybridized carbons (Fsp3) is 0.375. The Morgan fingerprint density at radius 2 is 2.05 bits per heavy atom. The topological polar surface area (TPSA) is 79.4 Å². The number of allylic oxidation sites excluding steroid dienone is 1. The van der Waals surface area contributed by atoms with Crippen LogP contribution in [0.15, 0.2) is 24.5 Å². The Kier molecular flexibility index (Phi) is 3.31. The van der Waals surface area contributed by atoms with Crippen molar-refractivity contribution in [3.05, 3.63) is 41.4 Å². The Labute approximate surface area is 128 Å². The summed E-state index contributed by atoms with van der Waals surface area (Å²) >= 11 is 0. The maximum absolute atomic E-state index is 12.6. The van der Waals surface area contributed by atoms with Crippen LogP contribution in [0.2, 0.25) is 0 Å². The Morgan fingerprint density at radius 1 is 1.32 bits per heavy atom. The summed E-state index contributed by atoms with van der Waals surface area (Å²) in [5, 5.41) is 2.60. The van der Waals surface area contributed by atoms with Gasteiger partial charge in [0.25, 0.3) is 11.8 Å². The monoisotopic (exact) mass is 299 g/mol. The van der Waals surface area contributed by atoms with Crippen LogP contribution >= 0.6 is 0 Å². The number of hydrogen-bond acceptors (Lipinski definition) is 4. The fourth-order valence-corrected chi connectivity index (χ4v) is 2.76. The molecule has 0 bridgehead atoms. The third kappa shape index (κ3) is 2.11. The molecule has 0 saturated carbocycles. The van der Waals surface area contributed by atoms with Crippen LogP contribution in [-0.2, 0) is 4.79 Å². The third-order valence-corrected chi connectivity index (χ3v) is 4.08. The number of rotatable bonds is 2. The number of piperidine rings is 1. The quantitative estimate of drug-likeness (QED) is 0.841. The molecule has 1 unspecified atom stereocenters. The van der Waals surface area contributed by atoms with Crippen LogP contribution < -0.4 is 5.32 Å². The summed E-state index contributed by atoms with van der Waals surface area (Å²) in [5.41, 5.74) is 1.92. The predicted molar refractivity (Wildman–Crippen MR) is 79.1 cm³/mol. The van der Waals surface area contributed by atoms with E-state index in [0.29, 0.717) is 18.5 Å². The van der Waals surface area contributed by atoms with Gasteiger partial charge in [-0.15, -0.1) is 0 Å². The first kappa shape index (κ1) is 14.4. The van der Waals surface area contributed by atoms with Gasteiger partial charge in [-0.05, 0) is 30.4 Å². The number of nitrogens with zero attached hydrogens (tertiary/aromatic N) is 2. The van der Waals surface area contributed by atoms with Gasteiger partial charge in [0.15, 0.2) is 0 Å². The van der Waals surface area contributed by atoms with Crippen LogP contribution in [0.3, 0.4) is 0 Å². The summed E-state index contributed by atoms with van der Waals surface area (Å²) < 4.78 is 0. The molecule has 1 atom stereocenters. The molecule has 0 spiro atoms. The molecule has 6 heteroatoms. The molecule has 0 aliphatic carbocycles. The van der Waals surface area contributed by atoms with Gasteiger partial charge in [-0.1, -0.05) is 20.4 Å². The number of pyridine rings is 1. The Hall–Kier alpha value is -2.50.